The molecule has 0 aliphatic carbocycles. The van der Waals surface area contributed by atoms with Gasteiger partial charge in [-0.2, -0.15) is 0 Å². The van der Waals surface area contributed by atoms with Crippen molar-refractivity contribution in [2.45, 2.75) is 70.6 Å². The highest BCUT2D eigenvalue weighted by molar-refractivity contribution is 5.72. The second-order valence-electron chi connectivity index (χ2n) is 6.20. The zero-order valence-corrected chi connectivity index (χ0v) is 16.6. The highest BCUT2D eigenvalue weighted by Crippen LogP contribution is 2.05. The van der Waals surface area contributed by atoms with Crippen molar-refractivity contribution < 1.29 is 28.5 Å². The Bertz CT molecular complexity index is 358. The standard InChI is InChI=1S/C21H36O6/c1-3-24-16-9-5-7-11-18-26-20(22)14-13-15-21(23)27-19-12-8-6-10-17-25-4-2/h3-4H,1-2,5-19H2. The van der Waals surface area contributed by atoms with Gasteiger partial charge in [-0.15, -0.1) is 0 Å². The lowest BCUT2D eigenvalue weighted by molar-refractivity contribution is -0.145. The highest BCUT2D eigenvalue weighted by atomic mass is 16.5. The van der Waals surface area contributed by atoms with E-state index < -0.39 is 0 Å². The van der Waals surface area contributed by atoms with Crippen molar-refractivity contribution in [1.29, 1.82) is 0 Å². The minimum absolute atomic E-state index is 0.250. The van der Waals surface area contributed by atoms with E-state index in [1.165, 1.54) is 12.5 Å². The van der Waals surface area contributed by atoms with Crippen LogP contribution in [0.4, 0.5) is 0 Å². The lowest BCUT2D eigenvalue weighted by Gasteiger charge is -2.06. The molecule has 0 unspecified atom stereocenters. The van der Waals surface area contributed by atoms with E-state index in [1.807, 2.05) is 0 Å². The number of hydrogen-bond donors (Lipinski definition) is 0. The number of unbranched alkanes of at least 4 members (excludes halogenated alkanes) is 6. The Hall–Kier alpha value is -1.98. The van der Waals surface area contributed by atoms with Crippen LogP contribution in [-0.4, -0.2) is 38.4 Å². The van der Waals surface area contributed by atoms with Crippen LogP contribution < -0.4 is 0 Å². The van der Waals surface area contributed by atoms with Crippen molar-refractivity contribution in [3.05, 3.63) is 25.7 Å². The maximum atomic E-state index is 11.6. The van der Waals surface area contributed by atoms with Crippen LogP contribution >= 0.6 is 0 Å². The summed E-state index contributed by atoms with van der Waals surface area (Å²) in [4.78, 5) is 23.2. The molecule has 0 fully saturated rings. The molecule has 0 aromatic heterocycles. The zero-order valence-electron chi connectivity index (χ0n) is 16.6. The molecule has 0 saturated carbocycles. The van der Waals surface area contributed by atoms with Crippen LogP contribution in [0.15, 0.2) is 25.7 Å². The summed E-state index contributed by atoms with van der Waals surface area (Å²) in [5.74, 6) is -0.501. The molecule has 0 heterocycles. The lowest BCUT2D eigenvalue weighted by Crippen LogP contribution is -2.09. The van der Waals surface area contributed by atoms with Crippen LogP contribution in [0.25, 0.3) is 0 Å². The van der Waals surface area contributed by atoms with E-state index in [-0.39, 0.29) is 24.8 Å². The van der Waals surface area contributed by atoms with E-state index in [1.54, 1.807) is 0 Å². The topological polar surface area (TPSA) is 71.1 Å². The van der Waals surface area contributed by atoms with Gasteiger partial charge in [0.25, 0.3) is 0 Å². The highest BCUT2D eigenvalue weighted by Gasteiger charge is 2.07. The first kappa shape index (κ1) is 25.0. The third-order valence-corrected chi connectivity index (χ3v) is 3.84. The Kier molecular flexibility index (Phi) is 18.8. The second kappa shape index (κ2) is 20.3. The minimum atomic E-state index is -0.250. The van der Waals surface area contributed by atoms with Crippen LogP contribution in [0.3, 0.4) is 0 Å². The fourth-order valence-corrected chi connectivity index (χ4v) is 2.34. The molecule has 0 amide bonds. The SMILES string of the molecule is C=COCCCCCCOC(=O)CCCC(=O)OCCCCCCOC=C. The summed E-state index contributed by atoms with van der Waals surface area (Å²) in [6.07, 6.45) is 11.6. The molecule has 0 aliphatic rings. The Morgan fingerprint density at radius 3 is 1.30 bits per heavy atom. The molecule has 27 heavy (non-hydrogen) atoms. The van der Waals surface area contributed by atoms with Gasteiger partial charge in [0, 0.05) is 12.8 Å². The predicted molar refractivity (Wildman–Crippen MR) is 105 cm³/mol. The molecule has 0 rings (SSSR count). The van der Waals surface area contributed by atoms with Gasteiger partial charge in [-0.05, 0) is 57.8 Å². The van der Waals surface area contributed by atoms with Crippen molar-refractivity contribution >= 4 is 11.9 Å². The molecular formula is C21H36O6. The number of carbonyl (C=O) groups excluding carboxylic acids is 2. The van der Waals surface area contributed by atoms with Gasteiger partial charge in [0.2, 0.25) is 0 Å². The van der Waals surface area contributed by atoms with E-state index in [0.717, 1.165) is 51.4 Å². The molecule has 6 nitrogen and oxygen atoms in total. The van der Waals surface area contributed by atoms with Crippen molar-refractivity contribution in [2.75, 3.05) is 26.4 Å². The Balaban J connectivity index is 3.33. The molecule has 0 atom stereocenters. The first-order valence-electron chi connectivity index (χ1n) is 9.97. The summed E-state index contributed by atoms with van der Waals surface area (Å²) in [5.41, 5.74) is 0. The largest absolute Gasteiger partial charge is 0.502 e. The first-order valence-corrected chi connectivity index (χ1v) is 9.97. The van der Waals surface area contributed by atoms with Gasteiger partial charge in [0.1, 0.15) is 0 Å². The smallest absolute Gasteiger partial charge is 0.305 e. The fraction of sp³-hybridized carbons (Fsp3) is 0.714. The molecule has 156 valence electrons. The third-order valence-electron chi connectivity index (χ3n) is 3.84. The molecule has 0 N–H and O–H groups in total. The summed E-state index contributed by atoms with van der Waals surface area (Å²) in [6, 6.07) is 0. The van der Waals surface area contributed by atoms with E-state index in [9.17, 15) is 9.59 Å². The minimum Gasteiger partial charge on any atom is -0.502 e. The molecule has 0 aliphatic heterocycles. The van der Waals surface area contributed by atoms with E-state index >= 15 is 0 Å². The maximum absolute atomic E-state index is 11.6. The summed E-state index contributed by atoms with van der Waals surface area (Å²) >= 11 is 0. The van der Waals surface area contributed by atoms with Gasteiger partial charge < -0.3 is 18.9 Å². The van der Waals surface area contributed by atoms with Crippen LogP contribution in [0.1, 0.15) is 70.6 Å². The Morgan fingerprint density at radius 2 is 0.926 bits per heavy atom. The number of ether oxygens (including phenoxy) is 4. The summed E-state index contributed by atoms with van der Waals surface area (Å²) in [6.45, 7) is 9.20. The predicted octanol–water partition coefficient (Wildman–Crippen LogP) is 4.68. The molecule has 6 heteroatoms. The molecule has 0 spiro atoms. The van der Waals surface area contributed by atoms with Crippen LogP contribution in [-0.2, 0) is 28.5 Å². The molecular weight excluding hydrogens is 348 g/mol. The number of rotatable bonds is 20. The molecule has 0 aromatic carbocycles. The maximum Gasteiger partial charge on any atom is 0.305 e. The van der Waals surface area contributed by atoms with Gasteiger partial charge in [0.15, 0.2) is 0 Å². The first-order chi connectivity index (χ1) is 13.2. The molecule has 0 saturated heterocycles. The fourth-order valence-electron chi connectivity index (χ4n) is 2.34. The molecule has 0 bridgehead atoms. The average molecular weight is 385 g/mol. The average Bonchev–Trinajstić information content (AvgIpc) is 2.66. The normalized spacial score (nSPS) is 10.1. The van der Waals surface area contributed by atoms with Gasteiger partial charge in [-0.1, -0.05) is 13.2 Å². The van der Waals surface area contributed by atoms with Crippen molar-refractivity contribution in [3.63, 3.8) is 0 Å². The van der Waals surface area contributed by atoms with E-state index in [4.69, 9.17) is 18.9 Å². The summed E-state index contributed by atoms with van der Waals surface area (Å²) in [5, 5.41) is 0. The van der Waals surface area contributed by atoms with Crippen molar-refractivity contribution in [3.8, 4) is 0 Å². The summed E-state index contributed by atoms with van der Waals surface area (Å²) in [7, 11) is 0. The Labute approximate surface area is 163 Å². The summed E-state index contributed by atoms with van der Waals surface area (Å²) < 4.78 is 20.4. The monoisotopic (exact) mass is 384 g/mol. The number of hydrogen-bond acceptors (Lipinski definition) is 6. The number of esters is 2. The van der Waals surface area contributed by atoms with Gasteiger partial charge in [0.05, 0.1) is 39.0 Å². The van der Waals surface area contributed by atoms with Crippen LogP contribution in [0.5, 0.6) is 0 Å². The van der Waals surface area contributed by atoms with E-state index in [0.29, 0.717) is 32.8 Å². The second-order valence-corrected chi connectivity index (χ2v) is 6.20. The van der Waals surface area contributed by atoms with Gasteiger partial charge in [-0.25, -0.2) is 0 Å². The lowest BCUT2D eigenvalue weighted by atomic mass is 10.2. The third kappa shape index (κ3) is 20.2. The molecule has 0 radical (unpaired) electrons. The van der Waals surface area contributed by atoms with Gasteiger partial charge >= 0.3 is 11.9 Å². The Morgan fingerprint density at radius 1 is 0.556 bits per heavy atom. The van der Waals surface area contributed by atoms with Crippen LogP contribution in [0.2, 0.25) is 0 Å². The van der Waals surface area contributed by atoms with Crippen LogP contribution in [0, 0.1) is 0 Å². The van der Waals surface area contributed by atoms with Crippen molar-refractivity contribution in [2.24, 2.45) is 0 Å². The van der Waals surface area contributed by atoms with Gasteiger partial charge in [-0.3, -0.25) is 9.59 Å². The zero-order chi connectivity index (χ0) is 20.0. The van der Waals surface area contributed by atoms with E-state index in [2.05, 4.69) is 13.2 Å². The number of carbonyl (C=O) groups is 2. The quantitative estimate of drug-likeness (QED) is 0.172. The molecule has 0 aromatic rings. The van der Waals surface area contributed by atoms with Crippen molar-refractivity contribution in [1.82, 2.24) is 0 Å².